The number of aliphatic hydroxyl groups is 2. The van der Waals surface area contributed by atoms with Gasteiger partial charge in [0.1, 0.15) is 11.2 Å². The fraction of sp³-hybridized carbons (Fsp3) is 0.385. The summed E-state index contributed by atoms with van der Waals surface area (Å²) in [5.74, 6) is 0. The van der Waals surface area contributed by atoms with Gasteiger partial charge in [0.25, 0.3) is 0 Å². The minimum absolute atomic E-state index is 0.850. The molecule has 3 nitrogen and oxygen atoms in total. The molecule has 1 aliphatic heterocycles. The first-order chi connectivity index (χ1) is 25.7. The van der Waals surface area contributed by atoms with Gasteiger partial charge in [-0.05, 0) is 260 Å². The molecule has 55 heavy (non-hydrogen) atoms. The highest BCUT2D eigenvalue weighted by Gasteiger charge is 2.86. The van der Waals surface area contributed by atoms with Gasteiger partial charge in [-0.1, -0.05) is 0 Å². The summed E-state index contributed by atoms with van der Waals surface area (Å²) in [6.45, 7) is 36.2. The van der Waals surface area contributed by atoms with E-state index in [1.54, 1.807) is 0 Å². The van der Waals surface area contributed by atoms with E-state index in [1.807, 2.05) is 6.92 Å². The monoisotopic (exact) mass is 722 g/mol. The largest absolute Gasteiger partial charge is 0.381 e. The van der Waals surface area contributed by atoms with E-state index >= 15 is 0 Å². The number of benzene rings is 5. The Hall–Kier alpha value is -4.28. The predicted octanol–water partition coefficient (Wildman–Crippen LogP) is 9.46. The predicted molar refractivity (Wildman–Crippen MR) is 223 cm³/mol. The van der Waals surface area contributed by atoms with Crippen LogP contribution in [0.25, 0.3) is 49.7 Å². The zero-order valence-electron chi connectivity index (χ0n) is 35.3. The van der Waals surface area contributed by atoms with E-state index < -0.39 is 22.4 Å². The molecule has 1 fully saturated rings. The lowest BCUT2D eigenvalue weighted by molar-refractivity contribution is 0.0622. The van der Waals surface area contributed by atoms with Gasteiger partial charge >= 0.3 is 0 Å². The highest BCUT2D eigenvalue weighted by atomic mass is 16.6. The molecule has 4 atom stereocenters. The van der Waals surface area contributed by atoms with Gasteiger partial charge in [0, 0.05) is 27.8 Å². The van der Waals surface area contributed by atoms with Gasteiger partial charge in [-0.25, -0.2) is 0 Å². The lowest BCUT2D eigenvalue weighted by atomic mass is 9.45. The zero-order valence-corrected chi connectivity index (χ0v) is 35.3. The van der Waals surface area contributed by atoms with Gasteiger partial charge in [-0.15, -0.1) is 0 Å². The lowest BCUT2D eigenvalue weighted by Gasteiger charge is -2.57. The van der Waals surface area contributed by atoms with Gasteiger partial charge in [-0.2, -0.15) is 0 Å². The number of aryl methyl sites for hydroxylation is 2. The van der Waals surface area contributed by atoms with Gasteiger partial charge in [0.05, 0.1) is 0 Å². The Labute approximate surface area is 324 Å². The van der Waals surface area contributed by atoms with E-state index in [2.05, 4.69) is 104 Å². The molecule has 2 N–H and O–H groups in total. The topological polar surface area (TPSA) is 53.0 Å². The van der Waals surface area contributed by atoms with Crippen LogP contribution in [0.1, 0.15) is 132 Å². The van der Waals surface area contributed by atoms with Crippen LogP contribution in [0.15, 0.2) is 5.57 Å². The van der Waals surface area contributed by atoms with Crippen molar-refractivity contribution in [2.24, 2.45) is 0 Å². The van der Waals surface area contributed by atoms with Gasteiger partial charge in [0.2, 0.25) is 0 Å². The number of hydrogen-bond acceptors (Lipinski definition) is 3. The molecule has 1 heterocycles. The van der Waals surface area contributed by atoms with Crippen LogP contribution in [0.4, 0.5) is 0 Å². The minimum atomic E-state index is -1.53. The third-order valence-corrected chi connectivity index (χ3v) is 17.5. The van der Waals surface area contributed by atoms with Gasteiger partial charge < -0.3 is 14.9 Å². The number of fused-ring (bicyclic) bond motifs is 2. The molecule has 5 aromatic carbocycles. The molecule has 6 aliphatic carbocycles. The molecule has 5 aromatic rings. The Balaban J connectivity index is 1.55. The van der Waals surface area contributed by atoms with E-state index in [9.17, 15) is 10.2 Å². The molecule has 1 saturated heterocycles. The first-order valence-electron chi connectivity index (χ1n) is 20.4. The van der Waals surface area contributed by atoms with E-state index in [4.69, 9.17) is 4.74 Å². The molecule has 1 unspecified atom stereocenters. The highest BCUT2D eigenvalue weighted by molar-refractivity contribution is 6.18. The molecule has 0 saturated carbocycles. The number of epoxide rings is 1. The van der Waals surface area contributed by atoms with Gasteiger partial charge in [0.15, 0.2) is 11.2 Å². The number of allylic oxidation sites excluding steroid dienone is 1. The van der Waals surface area contributed by atoms with Crippen molar-refractivity contribution in [2.75, 3.05) is 0 Å². The fourth-order valence-electron chi connectivity index (χ4n) is 14.5. The van der Waals surface area contributed by atoms with Crippen LogP contribution in [0.5, 0.6) is 0 Å². The summed E-state index contributed by atoms with van der Waals surface area (Å²) in [6.07, 6.45) is 0. The van der Waals surface area contributed by atoms with Gasteiger partial charge in [-0.3, -0.25) is 0 Å². The summed E-state index contributed by atoms with van der Waals surface area (Å²) >= 11 is 0. The quantitative estimate of drug-likeness (QED) is 0.157. The summed E-state index contributed by atoms with van der Waals surface area (Å²) in [5, 5.41) is 33.4. The Bertz CT molecular complexity index is 3200. The molecule has 3 heteroatoms. The van der Waals surface area contributed by atoms with E-state index in [0.717, 1.165) is 50.1 Å². The van der Waals surface area contributed by atoms with Crippen molar-refractivity contribution in [3.63, 3.8) is 0 Å². The molecular formula is C52H50O3. The van der Waals surface area contributed by atoms with Crippen LogP contribution in [-0.4, -0.2) is 15.8 Å². The maximum Gasteiger partial charge on any atom is 0.159 e. The second kappa shape index (κ2) is 8.66. The highest BCUT2D eigenvalue weighted by Crippen LogP contribution is 2.84. The first-order valence-corrected chi connectivity index (χ1v) is 20.4. The molecule has 2 spiro atoms. The van der Waals surface area contributed by atoms with Crippen molar-refractivity contribution in [1.29, 1.82) is 0 Å². The average molecular weight is 723 g/mol. The van der Waals surface area contributed by atoms with E-state index in [-0.39, 0.29) is 0 Å². The number of ether oxygens (including phenoxy) is 1. The minimum Gasteiger partial charge on any atom is -0.381 e. The van der Waals surface area contributed by atoms with Crippen LogP contribution >= 0.6 is 0 Å². The molecular weight excluding hydrogens is 673 g/mol. The van der Waals surface area contributed by atoms with Crippen molar-refractivity contribution >= 4 is 27.5 Å². The number of rotatable bonds is 0. The lowest BCUT2D eigenvalue weighted by Crippen LogP contribution is -2.61. The second-order valence-electron chi connectivity index (χ2n) is 19.0. The van der Waals surface area contributed by atoms with Crippen molar-refractivity contribution < 1.29 is 14.9 Å². The third kappa shape index (κ3) is 2.65. The second-order valence-corrected chi connectivity index (χ2v) is 19.0. The molecule has 0 radical (unpaired) electrons. The van der Waals surface area contributed by atoms with E-state index in [1.165, 1.54) is 127 Å². The van der Waals surface area contributed by atoms with Crippen LogP contribution < -0.4 is 10.4 Å². The molecule has 276 valence electrons. The van der Waals surface area contributed by atoms with Crippen molar-refractivity contribution in [3.05, 3.63) is 127 Å². The summed E-state index contributed by atoms with van der Waals surface area (Å²) in [7, 11) is 0. The maximum atomic E-state index is 14.9. The van der Waals surface area contributed by atoms with Crippen LogP contribution in [-0.2, 0) is 21.5 Å². The van der Waals surface area contributed by atoms with Crippen LogP contribution in [0.3, 0.4) is 0 Å². The Morgan fingerprint density at radius 2 is 0.873 bits per heavy atom. The number of hydrogen-bond donors (Lipinski definition) is 2. The van der Waals surface area contributed by atoms with Crippen molar-refractivity contribution in [1.82, 2.24) is 0 Å². The Morgan fingerprint density at radius 3 is 1.53 bits per heavy atom. The summed E-state index contributed by atoms with van der Waals surface area (Å²) in [4.78, 5) is 0. The molecule has 0 aromatic heterocycles. The molecule has 0 amide bonds. The van der Waals surface area contributed by atoms with Crippen molar-refractivity contribution in [2.45, 2.75) is 133 Å². The first kappa shape index (κ1) is 32.9. The summed E-state index contributed by atoms with van der Waals surface area (Å²) in [6, 6.07) is 0. The fourth-order valence-corrected chi connectivity index (χ4v) is 14.5. The maximum absolute atomic E-state index is 14.9. The Morgan fingerprint density at radius 1 is 0.364 bits per heavy atom. The third-order valence-electron chi connectivity index (χ3n) is 17.5. The molecule has 7 aliphatic rings. The summed E-state index contributed by atoms with van der Waals surface area (Å²) in [5.41, 5.74) is 28.3. The van der Waals surface area contributed by atoms with Crippen LogP contribution in [0, 0.1) is 90.0 Å². The molecule has 0 bridgehead atoms. The zero-order chi connectivity index (χ0) is 39.2. The SMILES string of the molecule is CC1=C2C(C)=c3c(C)c(C)c(C)c4c3=C3[C@]5(O)c6c-4c(C)c(C)c(C)c6C(C)(O)c4c5c5c6c(c(C)c(C)c(C)c6c4C)-c4c(C)c(C)c(C)c1c4[C@@]51O[C@@]231. The normalized spacial score (nSPS) is 27.2. The average Bonchev–Trinajstić information content (AvgIpc) is 3.80. The Kier molecular flexibility index (Phi) is 5.18. The van der Waals surface area contributed by atoms with Crippen molar-refractivity contribution in [3.8, 4) is 22.3 Å². The van der Waals surface area contributed by atoms with Crippen LogP contribution in [0.2, 0.25) is 0 Å². The standard InChI is InChI=1S/C52H50O3/c1-17-21(5)32-30(14)43-47-46-39(32)35(24(17)8)37-26(10)19(3)23(7)34-31(15)41-29(13)33-22(6)18(2)25(9)36-38-27(11)20(4)28(12)42(49(43,16)53)45(38)50(47,54)48(40(33)36)52(41)51(46,55-52)44(34)37/h53-54H,1-16H3/t49?,50-,51+,52-/m0/s1. The van der Waals surface area contributed by atoms with E-state index in [0.29, 0.717) is 0 Å². The summed E-state index contributed by atoms with van der Waals surface area (Å²) < 4.78 is 8.00. The molecule has 12 rings (SSSR count). The smallest absolute Gasteiger partial charge is 0.159 e.